The number of anilines is 1. The molecule has 10 heteroatoms. The number of piperidine rings is 1. The van der Waals surface area contributed by atoms with Gasteiger partial charge in [0.05, 0.1) is 34.6 Å². The van der Waals surface area contributed by atoms with Gasteiger partial charge in [-0.05, 0) is 30.2 Å². The molecule has 5 aromatic heterocycles. The van der Waals surface area contributed by atoms with Crippen LogP contribution in [0.15, 0.2) is 67.5 Å². The third-order valence-corrected chi connectivity index (χ3v) is 7.77. The molecule has 8 heterocycles. The molecule has 0 spiro atoms. The first-order chi connectivity index (χ1) is 20.2. The molecule has 194 valence electrons. The first-order valence-corrected chi connectivity index (χ1v) is 12.8. The number of hydrogen-bond acceptors (Lipinski definition) is 8. The molecule has 2 atom stereocenters. The minimum atomic E-state index is -2.51. The second kappa shape index (κ2) is 9.22. The van der Waals surface area contributed by atoms with Gasteiger partial charge in [0.25, 0.3) is 0 Å². The molecule has 3 fully saturated rings. The minimum absolute atomic E-state index is 0.102. The zero-order valence-electron chi connectivity index (χ0n) is 24.3. The third-order valence-electron chi connectivity index (χ3n) is 7.77. The SMILES string of the molecule is [2H]C([2H])([2H])Oc1ccc(CN2C3CC2CN(c2ccc(-c4cc(-c5cnn(C)c5)cn5ncc(C#N)c45)cn2)C3)cn1. The van der Waals surface area contributed by atoms with Crippen LogP contribution in [-0.2, 0) is 13.6 Å². The number of hydrogen-bond donors (Lipinski definition) is 0. The van der Waals surface area contributed by atoms with Crippen molar-refractivity contribution in [1.82, 2.24) is 34.3 Å². The van der Waals surface area contributed by atoms with Crippen LogP contribution in [0.4, 0.5) is 5.82 Å². The van der Waals surface area contributed by atoms with Crippen LogP contribution in [0, 0.1) is 11.3 Å². The van der Waals surface area contributed by atoms with Gasteiger partial charge in [-0.3, -0.25) is 9.58 Å². The molecule has 0 amide bonds. The summed E-state index contributed by atoms with van der Waals surface area (Å²) < 4.78 is 30.1. The number of methoxy groups -OCH3 is 1. The number of nitrogens with zero attached hydrogens (tertiary/aromatic N) is 9. The van der Waals surface area contributed by atoms with E-state index in [1.807, 2.05) is 44.0 Å². The summed E-state index contributed by atoms with van der Waals surface area (Å²) in [5.74, 6) is 1.03. The number of rotatable bonds is 6. The van der Waals surface area contributed by atoms with Crippen molar-refractivity contribution in [3.63, 3.8) is 0 Å². The normalized spacial score (nSPS) is 20.1. The Labute approximate surface area is 229 Å². The zero-order chi connectivity index (χ0) is 29.0. The lowest BCUT2D eigenvalue weighted by Gasteiger charge is -2.56. The van der Waals surface area contributed by atoms with Crippen LogP contribution in [-0.4, -0.2) is 66.5 Å². The Morgan fingerprint density at radius 2 is 1.90 bits per heavy atom. The van der Waals surface area contributed by atoms with E-state index >= 15 is 0 Å². The largest absolute Gasteiger partial charge is 0.481 e. The second-order valence-electron chi connectivity index (χ2n) is 10.1. The highest BCUT2D eigenvalue weighted by atomic mass is 16.5. The molecular formula is C29H27N9O. The van der Waals surface area contributed by atoms with E-state index in [0.717, 1.165) is 65.2 Å². The van der Waals surface area contributed by atoms with Crippen molar-refractivity contribution in [3.8, 4) is 34.2 Å². The summed E-state index contributed by atoms with van der Waals surface area (Å²) in [7, 11) is -0.625. The molecule has 8 rings (SSSR count). The maximum Gasteiger partial charge on any atom is 0.212 e. The van der Waals surface area contributed by atoms with Gasteiger partial charge in [0.15, 0.2) is 0 Å². The molecule has 0 radical (unpaired) electrons. The fourth-order valence-corrected chi connectivity index (χ4v) is 5.79. The first-order valence-electron chi connectivity index (χ1n) is 14.3. The molecule has 0 N–H and O–H groups in total. The standard InChI is InChI=1S/C29H27N9O/c1-35-15-23(13-33-35)21-7-26(29-22(9-30)12-34-38(29)16-21)20-4-5-27(31-11-20)36-17-24-8-25(18-36)37(24)14-19-3-6-28(39-2)32-10-19/h3-7,10-13,15-16,24-25H,8,14,17-18H2,1-2H3/i2D3. The molecular weight excluding hydrogens is 490 g/mol. The van der Waals surface area contributed by atoms with Crippen molar-refractivity contribution < 1.29 is 8.85 Å². The zero-order valence-corrected chi connectivity index (χ0v) is 21.3. The molecule has 2 unspecified atom stereocenters. The van der Waals surface area contributed by atoms with E-state index in [4.69, 9.17) is 13.8 Å². The smallest absolute Gasteiger partial charge is 0.212 e. The van der Waals surface area contributed by atoms with E-state index in [1.165, 1.54) is 0 Å². The molecule has 3 saturated heterocycles. The van der Waals surface area contributed by atoms with Crippen molar-refractivity contribution in [1.29, 1.82) is 5.26 Å². The van der Waals surface area contributed by atoms with Gasteiger partial charge < -0.3 is 9.64 Å². The maximum atomic E-state index is 9.72. The van der Waals surface area contributed by atoms with Crippen LogP contribution >= 0.6 is 0 Å². The lowest BCUT2D eigenvalue weighted by molar-refractivity contribution is -0.00876. The summed E-state index contributed by atoms with van der Waals surface area (Å²) in [6.45, 7) is 2.50. The van der Waals surface area contributed by atoms with Gasteiger partial charge in [0.1, 0.15) is 11.9 Å². The third kappa shape index (κ3) is 4.08. The highest BCUT2D eigenvalue weighted by Crippen LogP contribution is 2.37. The van der Waals surface area contributed by atoms with Crippen LogP contribution < -0.4 is 9.64 Å². The number of nitriles is 1. The number of aromatic nitrogens is 6. The number of pyridine rings is 3. The van der Waals surface area contributed by atoms with Gasteiger partial charge in [0.2, 0.25) is 5.88 Å². The Morgan fingerprint density at radius 3 is 2.59 bits per heavy atom. The van der Waals surface area contributed by atoms with E-state index in [0.29, 0.717) is 17.6 Å². The first kappa shape index (κ1) is 20.2. The monoisotopic (exact) mass is 520 g/mol. The summed E-state index contributed by atoms with van der Waals surface area (Å²) in [6, 6.07) is 12.7. The van der Waals surface area contributed by atoms with Crippen LogP contribution in [0.25, 0.3) is 27.8 Å². The van der Waals surface area contributed by atoms with Crippen LogP contribution in [0.1, 0.15) is 21.7 Å². The van der Waals surface area contributed by atoms with E-state index in [1.54, 1.807) is 27.7 Å². The fraction of sp³-hybridized carbons (Fsp3) is 0.276. The number of piperazine rings is 1. The molecule has 5 aromatic rings. The Bertz CT molecular complexity index is 1790. The Balaban J connectivity index is 1.08. The number of fused-ring (bicyclic) bond motifs is 3. The van der Waals surface area contributed by atoms with Gasteiger partial charge in [-0.1, -0.05) is 6.07 Å². The van der Waals surface area contributed by atoms with E-state index in [-0.39, 0.29) is 5.88 Å². The molecule has 3 aliphatic heterocycles. The molecule has 0 aromatic carbocycles. The predicted molar refractivity (Wildman–Crippen MR) is 146 cm³/mol. The van der Waals surface area contributed by atoms with Gasteiger partial charge in [-0.15, -0.1) is 0 Å². The fourth-order valence-electron chi connectivity index (χ4n) is 5.79. The molecule has 2 bridgehead atoms. The number of aryl methyl sites for hydroxylation is 1. The van der Waals surface area contributed by atoms with Crippen LogP contribution in [0.2, 0.25) is 0 Å². The van der Waals surface area contributed by atoms with Crippen molar-refractivity contribution in [3.05, 3.63) is 78.6 Å². The Kier molecular flexibility index (Phi) is 4.78. The lowest BCUT2D eigenvalue weighted by Crippen LogP contribution is -2.68. The Hall–Kier alpha value is -4.75. The predicted octanol–water partition coefficient (Wildman–Crippen LogP) is 3.54. The van der Waals surface area contributed by atoms with E-state index in [9.17, 15) is 5.26 Å². The summed E-state index contributed by atoms with van der Waals surface area (Å²) >= 11 is 0. The molecule has 0 aliphatic carbocycles. The van der Waals surface area contributed by atoms with Gasteiger partial charge in [-0.25, -0.2) is 14.5 Å². The maximum absolute atomic E-state index is 9.72. The van der Waals surface area contributed by atoms with Gasteiger partial charge in [0, 0.05) is 91.9 Å². The highest BCUT2D eigenvalue weighted by molar-refractivity contribution is 5.87. The quantitative estimate of drug-likeness (QED) is 0.335. The molecule has 10 nitrogen and oxygen atoms in total. The van der Waals surface area contributed by atoms with Gasteiger partial charge in [-0.2, -0.15) is 15.5 Å². The number of ether oxygens (including phenoxy) is 1. The highest BCUT2D eigenvalue weighted by Gasteiger charge is 2.44. The van der Waals surface area contributed by atoms with E-state index in [2.05, 4.69) is 43.2 Å². The molecule has 0 saturated carbocycles. The Morgan fingerprint density at radius 1 is 1.00 bits per heavy atom. The summed E-state index contributed by atoms with van der Waals surface area (Å²) in [4.78, 5) is 13.8. The summed E-state index contributed by atoms with van der Waals surface area (Å²) in [5, 5.41) is 18.5. The van der Waals surface area contributed by atoms with Crippen LogP contribution in [0.5, 0.6) is 5.88 Å². The summed E-state index contributed by atoms with van der Waals surface area (Å²) in [5.41, 5.74) is 6.00. The summed E-state index contributed by atoms with van der Waals surface area (Å²) in [6.07, 6.45) is 12.0. The van der Waals surface area contributed by atoms with E-state index < -0.39 is 7.04 Å². The minimum Gasteiger partial charge on any atom is -0.481 e. The van der Waals surface area contributed by atoms with Crippen molar-refractivity contribution in [2.45, 2.75) is 25.0 Å². The lowest BCUT2D eigenvalue weighted by atomic mass is 9.87. The molecule has 3 aliphatic rings. The average molecular weight is 521 g/mol. The van der Waals surface area contributed by atoms with Crippen molar-refractivity contribution >= 4 is 11.3 Å². The van der Waals surface area contributed by atoms with Crippen molar-refractivity contribution in [2.75, 3.05) is 25.0 Å². The topological polar surface area (TPSA) is 100 Å². The second-order valence-corrected chi connectivity index (χ2v) is 10.1. The van der Waals surface area contributed by atoms with Crippen LogP contribution in [0.3, 0.4) is 0 Å². The van der Waals surface area contributed by atoms with Crippen molar-refractivity contribution in [2.24, 2.45) is 7.05 Å². The average Bonchev–Trinajstić information content (AvgIpc) is 3.61. The molecule has 39 heavy (non-hydrogen) atoms. The van der Waals surface area contributed by atoms with Gasteiger partial charge >= 0.3 is 0 Å².